The van der Waals surface area contributed by atoms with Crippen LogP contribution in [0.2, 0.25) is 0 Å². The van der Waals surface area contributed by atoms with Gasteiger partial charge in [-0.2, -0.15) is 13.2 Å². The molecule has 1 aromatic heterocycles. The molecule has 0 saturated heterocycles. The number of hydrogen-bond acceptors (Lipinski definition) is 5. The molecule has 0 fully saturated rings. The van der Waals surface area contributed by atoms with Crippen LogP contribution in [0.1, 0.15) is 11.1 Å². The van der Waals surface area contributed by atoms with E-state index in [-0.39, 0.29) is 22.0 Å². The van der Waals surface area contributed by atoms with E-state index in [0.717, 1.165) is 12.1 Å². The van der Waals surface area contributed by atoms with Crippen molar-refractivity contribution in [3.8, 4) is 11.5 Å². The lowest BCUT2D eigenvalue weighted by molar-refractivity contribution is -0.383. The molecule has 0 amide bonds. The zero-order chi connectivity index (χ0) is 18.4. The highest BCUT2D eigenvalue weighted by Gasteiger charge is 2.33. The number of rotatable bonds is 2. The van der Waals surface area contributed by atoms with Crippen LogP contribution in [-0.4, -0.2) is 9.91 Å². The summed E-state index contributed by atoms with van der Waals surface area (Å²) in [6, 6.07) is 7.05. The van der Waals surface area contributed by atoms with Crippen molar-refractivity contribution >= 4 is 16.6 Å². The van der Waals surface area contributed by atoms with Gasteiger partial charge in [-0.05, 0) is 30.7 Å². The largest absolute Gasteiger partial charge is 0.416 e. The number of fused-ring (bicyclic) bond motifs is 1. The third kappa shape index (κ3) is 2.95. The number of aromatic nitrogens is 1. The second-order valence-electron chi connectivity index (χ2n) is 5.26. The van der Waals surface area contributed by atoms with E-state index in [4.69, 9.17) is 4.42 Å². The number of nitro groups is 1. The first-order valence-electron chi connectivity index (χ1n) is 6.95. The summed E-state index contributed by atoms with van der Waals surface area (Å²) in [6.07, 6.45) is -4.59. The van der Waals surface area contributed by atoms with Crippen molar-refractivity contribution < 1.29 is 22.5 Å². The average molecular weight is 350 g/mol. The van der Waals surface area contributed by atoms with Crippen LogP contribution in [0.5, 0.6) is 0 Å². The van der Waals surface area contributed by atoms with Crippen molar-refractivity contribution in [2.24, 2.45) is 0 Å². The third-order valence-electron chi connectivity index (χ3n) is 3.62. The highest BCUT2D eigenvalue weighted by molar-refractivity contribution is 5.87. The summed E-state index contributed by atoms with van der Waals surface area (Å²) in [5.41, 5.74) is -2.61. The normalized spacial score (nSPS) is 11.7. The molecule has 0 unspecified atom stereocenters. The molecule has 6 nitrogen and oxygen atoms in total. The van der Waals surface area contributed by atoms with Crippen LogP contribution in [0.25, 0.3) is 22.4 Å². The maximum atomic E-state index is 13.0. The van der Waals surface area contributed by atoms with E-state index in [2.05, 4.69) is 4.98 Å². The zero-order valence-electron chi connectivity index (χ0n) is 12.6. The molecule has 0 aliphatic heterocycles. The van der Waals surface area contributed by atoms with E-state index in [9.17, 15) is 28.1 Å². The number of halogens is 3. The minimum Gasteiger partial charge on any atom is -0.403 e. The Kier molecular flexibility index (Phi) is 3.78. The highest BCUT2D eigenvalue weighted by Crippen LogP contribution is 2.34. The lowest BCUT2D eigenvalue weighted by Gasteiger charge is -2.11. The van der Waals surface area contributed by atoms with Crippen LogP contribution in [-0.2, 0) is 6.18 Å². The molecule has 0 N–H and O–H groups in total. The highest BCUT2D eigenvalue weighted by atomic mass is 19.4. The molecule has 0 spiro atoms. The van der Waals surface area contributed by atoms with Gasteiger partial charge in [0.2, 0.25) is 5.89 Å². The van der Waals surface area contributed by atoms with Crippen molar-refractivity contribution in [1.29, 1.82) is 0 Å². The Morgan fingerprint density at radius 3 is 2.56 bits per heavy atom. The molecule has 2 aromatic carbocycles. The summed E-state index contributed by atoms with van der Waals surface area (Å²) in [5.74, 6) is -0.419. The Hall–Kier alpha value is -3.23. The second kappa shape index (κ2) is 5.69. The standard InChI is InChI=1S/C16H9F3N2O4/c1-8-5-6-9(7-11(8)16(17,18)19)14-20-13-10(15(22)25-14)3-2-4-12(13)21(23)24/h2-7H,1H3. The smallest absolute Gasteiger partial charge is 0.403 e. The van der Waals surface area contributed by atoms with Crippen LogP contribution in [0, 0.1) is 17.0 Å². The second-order valence-corrected chi connectivity index (χ2v) is 5.26. The zero-order valence-corrected chi connectivity index (χ0v) is 12.6. The summed E-state index contributed by atoms with van der Waals surface area (Å²) >= 11 is 0. The van der Waals surface area contributed by atoms with Crippen LogP contribution in [0.4, 0.5) is 18.9 Å². The third-order valence-corrected chi connectivity index (χ3v) is 3.62. The Morgan fingerprint density at radius 2 is 1.92 bits per heavy atom. The quantitative estimate of drug-likeness (QED) is 0.513. The number of aryl methyl sites for hydroxylation is 1. The first-order chi connectivity index (χ1) is 11.7. The summed E-state index contributed by atoms with van der Waals surface area (Å²) in [4.78, 5) is 26.3. The maximum Gasteiger partial charge on any atom is 0.416 e. The van der Waals surface area contributed by atoms with E-state index < -0.39 is 33.9 Å². The molecule has 25 heavy (non-hydrogen) atoms. The molecule has 3 rings (SSSR count). The first kappa shape index (κ1) is 16.6. The van der Waals surface area contributed by atoms with Gasteiger partial charge in [-0.25, -0.2) is 9.78 Å². The monoisotopic (exact) mass is 350 g/mol. The van der Waals surface area contributed by atoms with E-state index in [1.54, 1.807) is 0 Å². The van der Waals surface area contributed by atoms with E-state index >= 15 is 0 Å². The molecule has 9 heteroatoms. The fourth-order valence-corrected chi connectivity index (χ4v) is 2.41. The number of benzene rings is 2. The molecule has 0 bridgehead atoms. The summed E-state index contributed by atoms with van der Waals surface area (Å²) in [6.45, 7) is 1.29. The first-order valence-corrected chi connectivity index (χ1v) is 6.95. The van der Waals surface area contributed by atoms with Crippen LogP contribution in [0.15, 0.2) is 45.6 Å². The number of nitrogens with zero attached hydrogens (tertiary/aromatic N) is 2. The van der Waals surface area contributed by atoms with Gasteiger partial charge in [0.25, 0.3) is 5.69 Å². The molecule has 0 atom stereocenters. The topological polar surface area (TPSA) is 86.2 Å². The van der Waals surface area contributed by atoms with Gasteiger partial charge in [-0.3, -0.25) is 10.1 Å². The van der Waals surface area contributed by atoms with Crippen molar-refractivity contribution in [3.05, 3.63) is 68.1 Å². The molecular formula is C16H9F3N2O4. The Morgan fingerprint density at radius 1 is 1.20 bits per heavy atom. The number of para-hydroxylation sites is 1. The average Bonchev–Trinajstić information content (AvgIpc) is 2.53. The van der Waals surface area contributed by atoms with Crippen molar-refractivity contribution in [2.75, 3.05) is 0 Å². The van der Waals surface area contributed by atoms with Crippen LogP contribution >= 0.6 is 0 Å². The fourth-order valence-electron chi connectivity index (χ4n) is 2.41. The molecular weight excluding hydrogens is 341 g/mol. The lowest BCUT2D eigenvalue weighted by Crippen LogP contribution is -2.08. The number of hydrogen-bond donors (Lipinski definition) is 0. The lowest BCUT2D eigenvalue weighted by atomic mass is 10.0. The van der Waals surface area contributed by atoms with Gasteiger partial charge in [-0.1, -0.05) is 12.1 Å². The van der Waals surface area contributed by atoms with Gasteiger partial charge in [0, 0.05) is 11.6 Å². The molecule has 3 aromatic rings. The minimum atomic E-state index is -4.59. The molecule has 1 heterocycles. The Bertz CT molecular complexity index is 1060. The van der Waals surface area contributed by atoms with Crippen LogP contribution in [0.3, 0.4) is 0 Å². The van der Waals surface area contributed by atoms with Crippen molar-refractivity contribution in [1.82, 2.24) is 4.98 Å². The van der Waals surface area contributed by atoms with Crippen molar-refractivity contribution in [3.63, 3.8) is 0 Å². The van der Waals surface area contributed by atoms with Crippen molar-refractivity contribution in [2.45, 2.75) is 13.1 Å². The number of non-ortho nitro benzene ring substituents is 1. The Balaban J connectivity index is 2.29. The Labute approximate surface area is 137 Å². The van der Waals surface area contributed by atoms with Gasteiger partial charge in [0.05, 0.1) is 15.9 Å². The van der Waals surface area contributed by atoms with E-state index in [0.29, 0.717) is 0 Å². The molecule has 128 valence electrons. The van der Waals surface area contributed by atoms with Crippen LogP contribution < -0.4 is 5.63 Å². The predicted molar refractivity (Wildman–Crippen MR) is 82.1 cm³/mol. The molecule has 0 radical (unpaired) electrons. The summed E-state index contributed by atoms with van der Waals surface area (Å²) in [7, 11) is 0. The molecule has 0 saturated carbocycles. The minimum absolute atomic E-state index is 0.00892. The van der Waals surface area contributed by atoms with Gasteiger partial charge in [-0.15, -0.1) is 0 Å². The van der Waals surface area contributed by atoms with Gasteiger partial charge < -0.3 is 4.42 Å². The number of alkyl halides is 3. The SMILES string of the molecule is Cc1ccc(-c2nc3c([N+](=O)[O-])cccc3c(=O)o2)cc1C(F)(F)F. The van der Waals surface area contributed by atoms with E-state index in [1.807, 2.05) is 0 Å². The maximum absolute atomic E-state index is 13.0. The predicted octanol–water partition coefficient (Wildman–Crippen LogP) is 4.09. The number of nitro benzene ring substituents is 1. The fraction of sp³-hybridized carbons (Fsp3) is 0.125. The van der Waals surface area contributed by atoms with Gasteiger partial charge >= 0.3 is 11.8 Å². The van der Waals surface area contributed by atoms with E-state index in [1.165, 1.54) is 31.2 Å². The summed E-state index contributed by atoms with van der Waals surface area (Å²) < 4.78 is 44.1. The van der Waals surface area contributed by atoms with Gasteiger partial charge in [0.15, 0.2) is 5.52 Å². The molecule has 0 aliphatic rings. The van der Waals surface area contributed by atoms with Gasteiger partial charge in [0.1, 0.15) is 0 Å². The molecule has 0 aliphatic carbocycles. The summed E-state index contributed by atoms with van der Waals surface area (Å²) in [5, 5.41) is 11.0.